The molecule has 3 heterocycles. The van der Waals surface area contributed by atoms with E-state index in [1.165, 1.54) is 21.2 Å². The van der Waals surface area contributed by atoms with E-state index >= 15 is 0 Å². The third-order valence-electron chi connectivity index (χ3n) is 5.03. The highest BCUT2D eigenvalue weighted by atomic mass is 32.1. The van der Waals surface area contributed by atoms with Crippen molar-refractivity contribution in [2.24, 2.45) is 5.10 Å². The number of likely N-dealkylation sites (N-methyl/N-ethyl adjacent to an activating group) is 1. The monoisotopic (exact) mass is 397 g/mol. The van der Waals surface area contributed by atoms with Crippen molar-refractivity contribution in [2.45, 2.75) is 39.7 Å². The van der Waals surface area contributed by atoms with Gasteiger partial charge in [-0.15, -0.1) is 11.3 Å². The van der Waals surface area contributed by atoms with Gasteiger partial charge in [-0.2, -0.15) is 5.10 Å². The molecule has 1 N–H and O–H groups in total. The molecule has 0 saturated heterocycles. The summed E-state index contributed by atoms with van der Waals surface area (Å²) >= 11 is 1.51. The number of carbonyl (C=O) groups is 2. The first-order valence-corrected chi connectivity index (χ1v) is 10.2. The van der Waals surface area contributed by atoms with Crippen LogP contribution in [-0.4, -0.2) is 41.0 Å². The number of carbonyl (C=O) groups excluding carboxylic acids is 2. The average molecular weight is 398 g/mol. The average Bonchev–Trinajstić information content (AvgIpc) is 3.05. The number of aromatic nitrogens is 1. The Morgan fingerprint density at radius 1 is 1.21 bits per heavy atom. The first-order chi connectivity index (χ1) is 13.4. The molecule has 0 spiro atoms. The molecule has 2 aliphatic heterocycles. The van der Waals surface area contributed by atoms with E-state index in [1.54, 1.807) is 0 Å². The first kappa shape index (κ1) is 18.8. The third kappa shape index (κ3) is 3.70. The van der Waals surface area contributed by atoms with E-state index < -0.39 is 0 Å². The van der Waals surface area contributed by atoms with Gasteiger partial charge in [-0.25, -0.2) is 9.99 Å². The maximum Gasteiger partial charge on any atom is 0.273 e. The van der Waals surface area contributed by atoms with Crippen molar-refractivity contribution in [3.63, 3.8) is 0 Å². The normalized spacial score (nSPS) is 17.3. The zero-order valence-electron chi connectivity index (χ0n) is 16.3. The summed E-state index contributed by atoms with van der Waals surface area (Å²) < 4.78 is 0. The smallest absolute Gasteiger partial charge is 0.273 e. The van der Waals surface area contributed by atoms with Gasteiger partial charge in [0.2, 0.25) is 5.91 Å². The van der Waals surface area contributed by atoms with Crippen LogP contribution in [0.5, 0.6) is 0 Å². The fourth-order valence-corrected chi connectivity index (χ4v) is 4.48. The fraction of sp³-hybridized carbons (Fsp3) is 0.400. The lowest BCUT2D eigenvalue weighted by Gasteiger charge is -2.24. The van der Waals surface area contributed by atoms with Crippen LogP contribution in [0.2, 0.25) is 0 Å². The second-order valence-electron chi connectivity index (χ2n) is 7.37. The van der Waals surface area contributed by atoms with Gasteiger partial charge in [0, 0.05) is 37.2 Å². The van der Waals surface area contributed by atoms with Crippen molar-refractivity contribution < 1.29 is 9.59 Å². The number of rotatable bonds is 3. The Kier molecular flexibility index (Phi) is 4.99. The van der Waals surface area contributed by atoms with Crippen LogP contribution >= 0.6 is 11.3 Å². The topological polar surface area (TPSA) is 77.9 Å². The van der Waals surface area contributed by atoms with Crippen LogP contribution in [0, 0.1) is 13.8 Å². The molecule has 2 aliphatic rings. The van der Waals surface area contributed by atoms with Crippen LogP contribution in [0.3, 0.4) is 0 Å². The lowest BCUT2D eigenvalue weighted by Crippen LogP contribution is -2.36. The molecular weight excluding hydrogens is 374 g/mol. The van der Waals surface area contributed by atoms with Crippen molar-refractivity contribution in [1.29, 1.82) is 0 Å². The van der Waals surface area contributed by atoms with Gasteiger partial charge in [-0.05, 0) is 38.1 Å². The second-order valence-corrected chi connectivity index (χ2v) is 8.46. The number of hydrogen-bond acceptors (Lipinski definition) is 6. The molecular formula is C20H23N5O2S. The van der Waals surface area contributed by atoms with Crippen LogP contribution in [-0.2, 0) is 22.6 Å². The zero-order valence-corrected chi connectivity index (χ0v) is 17.1. The number of nitrogens with one attached hydrogen (secondary N) is 1. The lowest BCUT2D eigenvalue weighted by atomic mass is 10.1. The molecule has 8 heteroatoms. The SMILES string of the molecule is Cc1ccc(C)c(N2N=C(C(=O)Nc3nc4c(s3)CN(C)CC4)CCC2=O)c1. The predicted molar refractivity (Wildman–Crippen MR) is 111 cm³/mol. The number of anilines is 2. The molecule has 28 heavy (non-hydrogen) atoms. The fourth-order valence-electron chi connectivity index (χ4n) is 3.40. The Bertz CT molecular complexity index is 981. The largest absolute Gasteiger partial charge is 0.301 e. The molecule has 4 rings (SSSR count). The zero-order chi connectivity index (χ0) is 19.8. The number of fused-ring (bicyclic) bond motifs is 1. The molecule has 2 amide bonds. The Hall–Kier alpha value is -2.58. The molecule has 1 aromatic carbocycles. The van der Waals surface area contributed by atoms with Gasteiger partial charge < -0.3 is 4.90 Å². The Morgan fingerprint density at radius 2 is 2.04 bits per heavy atom. The molecule has 0 unspecified atom stereocenters. The predicted octanol–water partition coefficient (Wildman–Crippen LogP) is 2.87. The third-order valence-corrected chi connectivity index (χ3v) is 6.03. The highest BCUT2D eigenvalue weighted by molar-refractivity contribution is 7.16. The van der Waals surface area contributed by atoms with Crippen LogP contribution in [0.15, 0.2) is 23.3 Å². The number of nitrogens with zero attached hydrogens (tertiary/aromatic N) is 4. The van der Waals surface area contributed by atoms with E-state index in [2.05, 4.69) is 27.3 Å². The molecule has 146 valence electrons. The van der Waals surface area contributed by atoms with Gasteiger partial charge in [0.05, 0.1) is 11.4 Å². The summed E-state index contributed by atoms with van der Waals surface area (Å²) in [5.41, 5.74) is 4.13. The molecule has 0 saturated carbocycles. The molecule has 1 aromatic heterocycles. The van der Waals surface area contributed by atoms with E-state index in [0.29, 0.717) is 17.3 Å². The molecule has 0 aliphatic carbocycles. The van der Waals surface area contributed by atoms with Gasteiger partial charge in [0.25, 0.3) is 5.91 Å². The number of hydrogen-bond donors (Lipinski definition) is 1. The summed E-state index contributed by atoms with van der Waals surface area (Å²) in [6.45, 7) is 5.74. The number of hydrazone groups is 1. The molecule has 2 aromatic rings. The van der Waals surface area contributed by atoms with Gasteiger partial charge >= 0.3 is 0 Å². The minimum atomic E-state index is -0.290. The van der Waals surface area contributed by atoms with Crippen molar-refractivity contribution >= 4 is 39.7 Å². The molecule has 0 fully saturated rings. The maximum atomic E-state index is 12.8. The van der Waals surface area contributed by atoms with Gasteiger partial charge in [0.1, 0.15) is 5.71 Å². The lowest BCUT2D eigenvalue weighted by molar-refractivity contribution is -0.118. The van der Waals surface area contributed by atoms with Crippen molar-refractivity contribution in [1.82, 2.24) is 9.88 Å². The number of benzene rings is 1. The Balaban J connectivity index is 1.55. The molecule has 0 atom stereocenters. The number of aryl methyl sites for hydroxylation is 2. The number of thiazole rings is 1. The summed E-state index contributed by atoms with van der Waals surface area (Å²) in [5, 5.41) is 9.22. The highest BCUT2D eigenvalue weighted by Crippen LogP contribution is 2.29. The van der Waals surface area contributed by atoms with Crippen LogP contribution in [0.25, 0.3) is 0 Å². The van der Waals surface area contributed by atoms with Crippen molar-refractivity contribution in [3.05, 3.63) is 39.9 Å². The van der Waals surface area contributed by atoms with Crippen molar-refractivity contribution in [3.8, 4) is 0 Å². The quantitative estimate of drug-likeness (QED) is 0.864. The van der Waals surface area contributed by atoms with E-state index in [-0.39, 0.29) is 18.2 Å². The summed E-state index contributed by atoms with van der Waals surface area (Å²) in [4.78, 5) is 33.2. The van der Waals surface area contributed by atoms with E-state index in [1.807, 2.05) is 32.0 Å². The van der Waals surface area contributed by atoms with Crippen LogP contribution < -0.4 is 10.3 Å². The molecule has 0 bridgehead atoms. The van der Waals surface area contributed by atoms with Crippen LogP contribution in [0.4, 0.5) is 10.8 Å². The second kappa shape index (κ2) is 7.44. The summed E-state index contributed by atoms with van der Waals surface area (Å²) in [5.74, 6) is -0.389. The standard InChI is InChI=1S/C20H23N5O2S/c1-12-4-5-13(2)16(10-12)25-18(26)7-6-15(23-25)19(27)22-20-21-14-8-9-24(3)11-17(14)28-20/h4-5,10H,6-9,11H2,1-3H3,(H,21,22,27). The Morgan fingerprint density at radius 3 is 2.86 bits per heavy atom. The highest BCUT2D eigenvalue weighted by Gasteiger charge is 2.27. The summed E-state index contributed by atoms with van der Waals surface area (Å²) in [6.07, 6.45) is 1.49. The first-order valence-electron chi connectivity index (χ1n) is 9.37. The molecule has 0 radical (unpaired) electrons. The summed E-state index contributed by atoms with van der Waals surface area (Å²) in [7, 11) is 2.08. The van der Waals surface area contributed by atoms with E-state index in [4.69, 9.17) is 0 Å². The molecule has 7 nitrogen and oxygen atoms in total. The summed E-state index contributed by atoms with van der Waals surface area (Å²) in [6, 6.07) is 5.87. The van der Waals surface area contributed by atoms with Gasteiger partial charge in [-0.1, -0.05) is 12.1 Å². The Labute approximate surface area is 168 Å². The van der Waals surface area contributed by atoms with Gasteiger partial charge in [-0.3, -0.25) is 14.9 Å². The van der Waals surface area contributed by atoms with Crippen molar-refractivity contribution in [2.75, 3.05) is 23.9 Å². The van der Waals surface area contributed by atoms with E-state index in [9.17, 15) is 9.59 Å². The van der Waals surface area contributed by atoms with Crippen LogP contribution in [0.1, 0.15) is 34.5 Å². The van der Waals surface area contributed by atoms with E-state index in [0.717, 1.165) is 42.0 Å². The minimum absolute atomic E-state index is 0.0991. The minimum Gasteiger partial charge on any atom is -0.301 e. The maximum absolute atomic E-state index is 12.8. The van der Waals surface area contributed by atoms with Gasteiger partial charge in [0.15, 0.2) is 5.13 Å². The number of amides is 2.